The van der Waals surface area contributed by atoms with Crippen molar-refractivity contribution >= 4 is 0 Å². The summed E-state index contributed by atoms with van der Waals surface area (Å²) in [4.78, 5) is 0. The number of rotatable bonds is 5. The van der Waals surface area contributed by atoms with Gasteiger partial charge < -0.3 is 0 Å². The van der Waals surface area contributed by atoms with Crippen molar-refractivity contribution in [2.45, 2.75) is 38.5 Å². The lowest BCUT2D eigenvalue weighted by Crippen LogP contribution is -2.06. The molecule has 0 spiro atoms. The maximum absolute atomic E-state index is 4.38. The third-order valence-electron chi connectivity index (χ3n) is 3.98. The summed E-state index contributed by atoms with van der Waals surface area (Å²) in [6.07, 6.45) is 13.5. The van der Waals surface area contributed by atoms with Crippen molar-refractivity contribution in [1.29, 1.82) is 0 Å². The predicted octanol–water partition coefficient (Wildman–Crippen LogP) is 5.65. The average Bonchev–Trinajstić information content (AvgIpc) is 2.69. The number of allylic oxidation sites excluding steroid dienone is 5. The van der Waals surface area contributed by atoms with Crippen molar-refractivity contribution < 1.29 is 0 Å². The van der Waals surface area contributed by atoms with Gasteiger partial charge in [-0.3, -0.25) is 0 Å². The molecule has 0 saturated carbocycles. The molecule has 1 aliphatic carbocycles. The molecule has 0 radical (unpaired) electrons. The first-order valence-electron chi connectivity index (χ1n) is 7.35. The molecule has 0 heteroatoms. The SMILES string of the molecule is C=C(CC1CC=CC=CC1)C(CC)c1ccccc1. The molecule has 0 amide bonds. The maximum Gasteiger partial charge on any atom is 0.00429 e. The summed E-state index contributed by atoms with van der Waals surface area (Å²) >= 11 is 0. The van der Waals surface area contributed by atoms with E-state index in [9.17, 15) is 0 Å². The summed E-state index contributed by atoms with van der Waals surface area (Å²) in [6.45, 7) is 6.64. The van der Waals surface area contributed by atoms with Crippen molar-refractivity contribution in [3.8, 4) is 0 Å². The van der Waals surface area contributed by atoms with Crippen LogP contribution in [-0.2, 0) is 0 Å². The van der Waals surface area contributed by atoms with E-state index in [1.807, 2.05) is 0 Å². The molecule has 0 bridgehead atoms. The quantitative estimate of drug-likeness (QED) is 0.594. The molecular weight excluding hydrogens is 228 g/mol. The molecule has 1 aliphatic rings. The lowest BCUT2D eigenvalue weighted by Gasteiger charge is -2.22. The third kappa shape index (κ3) is 3.96. The van der Waals surface area contributed by atoms with Crippen LogP contribution in [0.4, 0.5) is 0 Å². The number of benzene rings is 1. The fourth-order valence-electron chi connectivity index (χ4n) is 2.92. The molecule has 0 aliphatic heterocycles. The van der Waals surface area contributed by atoms with Crippen LogP contribution in [0.15, 0.2) is 66.8 Å². The zero-order valence-corrected chi connectivity index (χ0v) is 11.9. The Balaban J connectivity index is 2.01. The van der Waals surface area contributed by atoms with Crippen LogP contribution in [0.5, 0.6) is 0 Å². The highest BCUT2D eigenvalue weighted by Crippen LogP contribution is 2.33. The van der Waals surface area contributed by atoms with Crippen molar-refractivity contribution in [2.24, 2.45) is 5.92 Å². The molecule has 0 heterocycles. The standard InChI is InChI=1S/C19H24/c1-3-19(18-13-9-6-10-14-18)16(2)15-17-11-7-4-5-8-12-17/h4-10,13-14,17,19H,2-3,11-12,15H2,1H3. The van der Waals surface area contributed by atoms with E-state index in [2.05, 4.69) is 68.1 Å². The van der Waals surface area contributed by atoms with Crippen molar-refractivity contribution in [1.82, 2.24) is 0 Å². The molecule has 1 aromatic carbocycles. The van der Waals surface area contributed by atoms with E-state index in [1.54, 1.807) is 0 Å². The van der Waals surface area contributed by atoms with Gasteiger partial charge in [-0.1, -0.05) is 73.7 Å². The minimum atomic E-state index is 0.511. The number of hydrogen-bond donors (Lipinski definition) is 0. The molecule has 0 nitrogen and oxygen atoms in total. The summed E-state index contributed by atoms with van der Waals surface area (Å²) in [6, 6.07) is 10.8. The van der Waals surface area contributed by atoms with Gasteiger partial charge in [0.1, 0.15) is 0 Å². The Morgan fingerprint density at radius 3 is 2.37 bits per heavy atom. The van der Waals surface area contributed by atoms with Gasteiger partial charge in [0.25, 0.3) is 0 Å². The predicted molar refractivity (Wildman–Crippen MR) is 84.2 cm³/mol. The van der Waals surface area contributed by atoms with Gasteiger partial charge >= 0.3 is 0 Å². The Morgan fingerprint density at radius 1 is 1.16 bits per heavy atom. The lowest BCUT2D eigenvalue weighted by molar-refractivity contribution is 0.517. The number of hydrogen-bond acceptors (Lipinski definition) is 0. The topological polar surface area (TPSA) is 0 Å². The normalized spacial score (nSPS) is 17.1. The summed E-state index contributed by atoms with van der Waals surface area (Å²) in [7, 11) is 0. The van der Waals surface area contributed by atoms with E-state index in [0.717, 1.165) is 18.8 Å². The minimum absolute atomic E-state index is 0.511. The van der Waals surface area contributed by atoms with Gasteiger partial charge in [-0.15, -0.1) is 0 Å². The van der Waals surface area contributed by atoms with Crippen LogP contribution in [0.3, 0.4) is 0 Å². The monoisotopic (exact) mass is 252 g/mol. The van der Waals surface area contributed by atoms with E-state index in [1.165, 1.54) is 24.0 Å². The first-order chi connectivity index (χ1) is 9.31. The Kier molecular flexibility index (Phi) is 5.20. The van der Waals surface area contributed by atoms with Gasteiger partial charge in [-0.2, -0.15) is 0 Å². The summed E-state index contributed by atoms with van der Waals surface area (Å²) in [5.41, 5.74) is 2.80. The van der Waals surface area contributed by atoms with Crippen LogP contribution in [0, 0.1) is 5.92 Å². The fraction of sp³-hybridized carbons (Fsp3) is 0.368. The van der Waals surface area contributed by atoms with Crippen LogP contribution >= 0.6 is 0 Å². The largest absolute Gasteiger partial charge is 0.0992 e. The van der Waals surface area contributed by atoms with E-state index >= 15 is 0 Å². The highest BCUT2D eigenvalue weighted by Gasteiger charge is 2.16. The Morgan fingerprint density at radius 2 is 1.79 bits per heavy atom. The molecular formula is C19H24. The molecule has 1 aromatic rings. The lowest BCUT2D eigenvalue weighted by atomic mass is 9.83. The van der Waals surface area contributed by atoms with E-state index < -0.39 is 0 Å². The van der Waals surface area contributed by atoms with Gasteiger partial charge in [-0.05, 0) is 37.2 Å². The van der Waals surface area contributed by atoms with Gasteiger partial charge in [0.05, 0.1) is 0 Å². The molecule has 0 N–H and O–H groups in total. The van der Waals surface area contributed by atoms with Gasteiger partial charge in [0.2, 0.25) is 0 Å². The molecule has 0 saturated heterocycles. The molecule has 0 fully saturated rings. The smallest absolute Gasteiger partial charge is 0.00429 e. The summed E-state index contributed by atoms with van der Waals surface area (Å²) in [5, 5.41) is 0. The second-order valence-corrected chi connectivity index (χ2v) is 5.43. The Hall–Kier alpha value is -1.56. The van der Waals surface area contributed by atoms with Crippen LogP contribution in [-0.4, -0.2) is 0 Å². The summed E-state index contributed by atoms with van der Waals surface area (Å²) in [5.74, 6) is 1.23. The van der Waals surface area contributed by atoms with Gasteiger partial charge in [0, 0.05) is 5.92 Å². The second-order valence-electron chi connectivity index (χ2n) is 5.43. The van der Waals surface area contributed by atoms with Crippen molar-refractivity contribution in [2.75, 3.05) is 0 Å². The molecule has 1 unspecified atom stereocenters. The molecule has 100 valence electrons. The second kappa shape index (κ2) is 7.13. The van der Waals surface area contributed by atoms with Crippen LogP contribution in [0.1, 0.15) is 44.1 Å². The van der Waals surface area contributed by atoms with Gasteiger partial charge in [-0.25, -0.2) is 0 Å². The van der Waals surface area contributed by atoms with Crippen LogP contribution in [0.2, 0.25) is 0 Å². The molecule has 2 rings (SSSR count). The minimum Gasteiger partial charge on any atom is -0.0992 e. The third-order valence-corrected chi connectivity index (χ3v) is 3.98. The maximum atomic E-state index is 4.38. The van der Waals surface area contributed by atoms with E-state index in [0.29, 0.717) is 5.92 Å². The summed E-state index contributed by atoms with van der Waals surface area (Å²) < 4.78 is 0. The molecule has 1 atom stereocenters. The first-order valence-corrected chi connectivity index (χ1v) is 7.35. The first kappa shape index (κ1) is 13.9. The van der Waals surface area contributed by atoms with Crippen molar-refractivity contribution in [3.63, 3.8) is 0 Å². The Bertz CT molecular complexity index is 436. The molecule has 0 aromatic heterocycles. The van der Waals surface area contributed by atoms with Crippen LogP contribution < -0.4 is 0 Å². The average molecular weight is 252 g/mol. The zero-order valence-electron chi connectivity index (χ0n) is 11.9. The highest BCUT2D eigenvalue weighted by molar-refractivity contribution is 5.27. The van der Waals surface area contributed by atoms with E-state index in [4.69, 9.17) is 0 Å². The highest BCUT2D eigenvalue weighted by atomic mass is 14.2. The van der Waals surface area contributed by atoms with Crippen LogP contribution in [0.25, 0.3) is 0 Å². The van der Waals surface area contributed by atoms with E-state index in [-0.39, 0.29) is 0 Å². The zero-order chi connectivity index (χ0) is 13.5. The molecule has 19 heavy (non-hydrogen) atoms. The fourth-order valence-corrected chi connectivity index (χ4v) is 2.92. The van der Waals surface area contributed by atoms with Crippen molar-refractivity contribution in [3.05, 3.63) is 72.4 Å². The van der Waals surface area contributed by atoms with Gasteiger partial charge in [0.15, 0.2) is 0 Å². The Labute approximate surface area is 117 Å².